The maximum atomic E-state index is 11.8. The summed E-state index contributed by atoms with van der Waals surface area (Å²) in [6.07, 6.45) is -8.31. The molecule has 0 aromatic carbocycles. The zero-order valence-electron chi connectivity index (χ0n) is 4.59. The summed E-state index contributed by atoms with van der Waals surface area (Å²) >= 11 is 0. The fourth-order valence-electron chi connectivity index (χ4n) is 0. The van der Waals surface area contributed by atoms with Crippen molar-refractivity contribution in [1.82, 2.24) is 0 Å². The molecule has 0 aromatic rings. The fraction of sp³-hybridized carbons (Fsp3) is 1.00. The van der Waals surface area contributed by atoms with E-state index in [1.54, 1.807) is 0 Å². The molecule has 0 fully saturated rings. The summed E-state index contributed by atoms with van der Waals surface area (Å²) in [6, 6.07) is 0. The van der Waals surface area contributed by atoms with Crippen LogP contribution < -0.4 is 0 Å². The Balaban J connectivity index is 4.02. The standard InChI is InChI=1S/C3H6BF4/c1-4(2,8)3(5,6)7/h1-2H3/q-1. The number of alkyl halides is 3. The molecule has 0 unspecified atom stereocenters. The van der Waals surface area contributed by atoms with Crippen LogP contribution >= 0.6 is 0 Å². The molecule has 0 N–H and O–H groups in total. The molecule has 0 aliphatic carbocycles. The molecular weight excluding hydrogens is 123 g/mol. The Morgan fingerprint density at radius 1 is 1.12 bits per heavy atom. The first kappa shape index (κ1) is 7.78. The second-order valence-electron chi connectivity index (χ2n) is 2.24. The van der Waals surface area contributed by atoms with E-state index in [1.807, 2.05) is 0 Å². The van der Waals surface area contributed by atoms with Crippen molar-refractivity contribution in [3.8, 4) is 0 Å². The monoisotopic (exact) mass is 129 g/mol. The highest BCUT2D eigenvalue weighted by atomic mass is 19.4. The zero-order valence-corrected chi connectivity index (χ0v) is 4.59. The zero-order chi connectivity index (χ0) is 7.00. The van der Waals surface area contributed by atoms with Crippen molar-refractivity contribution < 1.29 is 17.5 Å². The maximum Gasteiger partial charge on any atom is 0.283 e. The molecule has 0 saturated heterocycles. The first-order valence-corrected chi connectivity index (χ1v) is 2.23. The van der Waals surface area contributed by atoms with Gasteiger partial charge in [-0.3, -0.25) is 0 Å². The third-order valence-corrected chi connectivity index (χ3v) is 0.778. The molecule has 0 amide bonds. The van der Waals surface area contributed by atoms with Gasteiger partial charge in [0.25, 0.3) is 12.5 Å². The van der Waals surface area contributed by atoms with E-state index in [-0.39, 0.29) is 0 Å². The predicted molar refractivity (Wildman–Crippen MR) is 24.6 cm³/mol. The molecule has 0 heterocycles. The van der Waals surface area contributed by atoms with Crippen LogP contribution in [0.1, 0.15) is 0 Å². The van der Waals surface area contributed by atoms with Gasteiger partial charge >= 0.3 is 0 Å². The molecule has 8 heavy (non-hydrogen) atoms. The van der Waals surface area contributed by atoms with Gasteiger partial charge in [-0.1, -0.05) is 0 Å². The first-order valence-electron chi connectivity index (χ1n) is 2.23. The molecule has 50 valence electrons. The van der Waals surface area contributed by atoms with Crippen LogP contribution in [-0.4, -0.2) is 12.5 Å². The van der Waals surface area contributed by atoms with Crippen molar-refractivity contribution in [2.24, 2.45) is 0 Å². The lowest BCUT2D eigenvalue weighted by molar-refractivity contribution is -0.0628. The predicted octanol–water partition coefficient (Wildman–Crippen LogP) is 2.26. The summed E-state index contributed by atoms with van der Waals surface area (Å²) in [5.41, 5.74) is 0. The Labute approximate surface area is 44.8 Å². The highest BCUT2D eigenvalue weighted by Crippen LogP contribution is 2.28. The summed E-state index contributed by atoms with van der Waals surface area (Å²) < 4.78 is 45.5. The van der Waals surface area contributed by atoms with E-state index in [1.165, 1.54) is 0 Å². The second-order valence-corrected chi connectivity index (χ2v) is 2.24. The molecule has 0 aromatic heterocycles. The van der Waals surface area contributed by atoms with E-state index in [4.69, 9.17) is 0 Å². The molecule has 0 spiro atoms. The maximum absolute atomic E-state index is 11.8. The van der Waals surface area contributed by atoms with Gasteiger partial charge in [0.05, 0.1) is 0 Å². The molecule has 0 aliphatic rings. The summed E-state index contributed by atoms with van der Waals surface area (Å²) in [7, 11) is 0. The van der Waals surface area contributed by atoms with E-state index in [2.05, 4.69) is 0 Å². The summed E-state index contributed by atoms with van der Waals surface area (Å²) in [5, 5.41) is 0. The van der Waals surface area contributed by atoms with Crippen LogP contribution in [0.5, 0.6) is 0 Å². The average molecular weight is 129 g/mol. The minimum atomic E-state index is -4.67. The van der Waals surface area contributed by atoms with Crippen molar-refractivity contribution in [3.05, 3.63) is 0 Å². The van der Waals surface area contributed by atoms with Crippen LogP contribution in [-0.2, 0) is 0 Å². The normalized spacial score (nSPS) is 14.2. The molecular formula is C3H6BF4-. The first-order chi connectivity index (χ1) is 3.25. The molecule has 0 atom stereocenters. The van der Waals surface area contributed by atoms with Crippen molar-refractivity contribution in [1.29, 1.82) is 0 Å². The number of rotatable bonds is 0. The van der Waals surface area contributed by atoms with Crippen LogP contribution in [0.3, 0.4) is 0 Å². The van der Waals surface area contributed by atoms with Crippen LogP contribution in [0.25, 0.3) is 0 Å². The smallest absolute Gasteiger partial charge is 0.283 e. The fourth-order valence-corrected chi connectivity index (χ4v) is 0. The molecule has 0 bridgehead atoms. The van der Waals surface area contributed by atoms with E-state index in [0.29, 0.717) is 13.6 Å². The topological polar surface area (TPSA) is 0 Å². The lowest BCUT2D eigenvalue weighted by Crippen LogP contribution is -2.39. The minimum absolute atomic E-state index is 0.542. The Kier molecular flexibility index (Phi) is 1.59. The van der Waals surface area contributed by atoms with E-state index < -0.39 is 12.5 Å². The molecule has 0 saturated carbocycles. The minimum Gasteiger partial charge on any atom is -0.507 e. The lowest BCUT2D eigenvalue weighted by atomic mass is 9.47. The van der Waals surface area contributed by atoms with Crippen LogP contribution in [0, 0.1) is 0 Å². The molecule has 5 heteroatoms. The SMILES string of the molecule is C[B-](C)(F)C(F)(F)F. The third kappa shape index (κ3) is 1.72. The summed E-state index contributed by atoms with van der Waals surface area (Å²) in [5.74, 6) is 0. The Bertz CT molecular complexity index is 66.3. The average Bonchev–Trinajstić information content (AvgIpc) is 1.25. The summed E-state index contributed by atoms with van der Waals surface area (Å²) in [6.45, 7) is 1.08. The van der Waals surface area contributed by atoms with Crippen molar-refractivity contribution in [2.75, 3.05) is 0 Å². The van der Waals surface area contributed by atoms with Gasteiger partial charge in [0.2, 0.25) is 0 Å². The molecule has 0 nitrogen and oxygen atoms in total. The second kappa shape index (κ2) is 1.63. The van der Waals surface area contributed by atoms with Gasteiger partial charge in [-0.05, 0) is 0 Å². The van der Waals surface area contributed by atoms with Crippen LogP contribution in [0.15, 0.2) is 0 Å². The Morgan fingerprint density at radius 3 is 1.25 bits per heavy atom. The number of hydrogen-bond donors (Lipinski definition) is 0. The molecule has 0 aliphatic heterocycles. The van der Waals surface area contributed by atoms with Gasteiger partial charge in [0.15, 0.2) is 0 Å². The Morgan fingerprint density at radius 2 is 1.25 bits per heavy atom. The number of hydrogen-bond acceptors (Lipinski definition) is 0. The van der Waals surface area contributed by atoms with Crippen LogP contribution in [0.4, 0.5) is 17.5 Å². The van der Waals surface area contributed by atoms with Gasteiger partial charge in [0.1, 0.15) is 0 Å². The molecule has 0 radical (unpaired) electrons. The van der Waals surface area contributed by atoms with E-state index in [9.17, 15) is 17.5 Å². The quantitative estimate of drug-likeness (QED) is 0.347. The van der Waals surface area contributed by atoms with Gasteiger partial charge in [-0.25, -0.2) is 13.2 Å². The summed E-state index contributed by atoms with van der Waals surface area (Å²) in [4.78, 5) is 0. The van der Waals surface area contributed by atoms with Gasteiger partial charge in [-0.15, -0.1) is 0 Å². The van der Waals surface area contributed by atoms with E-state index >= 15 is 0 Å². The number of halogens is 4. The third-order valence-electron chi connectivity index (χ3n) is 0.778. The highest BCUT2D eigenvalue weighted by Gasteiger charge is 2.41. The Hall–Kier alpha value is -0.215. The van der Waals surface area contributed by atoms with Gasteiger partial charge in [0, 0.05) is 0 Å². The van der Waals surface area contributed by atoms with Crippen LogP contribution in [0.2, 0.25) is 13.6 Å². The van der Waals surface area contributed by atoms with Crippen molar-refractivity contribution >= 4 is 6.42 Å². The van der Waals surface area contributed by atoms with Gasteiger partial charge < -0.3 is 4.32 Å². The van der Waals surface area contributed by atoms with Crippen molar-refractivity contribution in [3.63, 3.8) is 0 Å². The molecule has 0 rings (SSSR count). The lowest BCUT2D eigenvalue weighted by Gasteiger charge is -2.24. The van der Waals surface area contributed by atoms with Crippen molar-refractivity contribution in [2.45, 2.75) is 19.7 Å². The van der Waals surface area contributed by atoms with Gasteiger partial charge in [-0.2, -0.15) is 13.6 Å². The van der Waals surface area contributed by atoms with E-state index in [0.717, 1.165) is 0 Å². The highest BCUT2D eigenvalue weighted by molar-refractivity contribution is 6.72. The largest absolute Gasteiger partial charge is 0.507 e.